The normalized spacial score (nSPS) is 40.1. The Morgan fingerprint density at radius 2 is 1.67 bits per heavy atom. The van der Waals surface area contributed by atoms with Crippen LogP contribution in [-0.4, -0.2) is 17.9 Å². The molecular formula is C27H42O3. The Labute approximate surface area is 183 Å². The van der Waals surface area contributed by atoms with Gasteiger partial charge in [0, 0.05) is 18.3 Å². The summed E-state index contributed by atoms with van der Waals surface area (Å²) in [7, 11) is 0. The fourth-order valence-corrected chi connectivity index (χ4v) is 7.63. The first kappa shape index (κ1) is 22.1. The van der Waals surface area contributed by atoms with Crippen LogP contribution in [0.1, 0.15) is 110 Å². The van der Waals surface area contributed by atoms with Gasteiger partial charge in [0.05, 0.1) is 0 Å². The van der Waals surface area contributed by atoms with E-state index in [4.69, 9.17) is 4.74 Å². The predicted molar refractivity (Wildman–Crippen MR) is 120 cm³/mol. The number of ketones is 1. The van der Waals surface area contributed by atoms with E-state index >= 15 is 0 Å². The number of ether oxygens (including phenoxy) is 1. The molecular weight excluding hydrogens is 372 g/mol. The molecule has 0 amide bonds. The van der Waals surface area contributed by atoms with Crippen LogP contribution in [0.25, 0.3) is 0 Å². The molecule has 5 aliphatic carbocycles. The van der Waals surface area contributed by atoms with Gasteiger partial charge < -0.3 is 4.74 Å². The van der Waals surface area contributed by atoms with E-state index in [9.17, 15) is 9.59 Å². The van der Waals surface area contributed by atoms with Crippen molar-refractivity contribution in [2.45, 2.75) is 116 Å². The highest BCUT2D eigenvalue weighted by Crippen LogP contribution is 2.62. The number of allylic oxidation sites excluding steroid dienone is 1. The number of hydrogen-bond acceptors (Lipinski definition) is 3. The summed E-state index contributed by atoms with van der Waals surface area (Å²) in [4.78, 5) is 23.6. The highest BCUT2D eigenvalue weighted by atomic mass is 16.5. The Hall–Kier alpha value is -1.12. The summed E-state index contributed by atoms with van der Waals surface area (Å²) in [5.41, 5.74) is 1.63. The summed E-state index contributed by atoms with van der Waals surface area (Å²) in [6.45, 7) is 4.26. The lowest BCUT2D eigenvalue weighted by Gasteiger charge is -2.53. The van der Waals surface area contributed by atoms with Gasteiger partial charge in [-0.15, -0.1) is 0 Å². The fourth-order valence-electron chi connectivity index (χ4n) is 7.63. The third-order valence-corrected chi connectivity index (χ3v) is 9.28. The number of rotatable bonds is 2. The molecule has 0 unspecified atom stereocenters. The van der Waals surface area contributed by atoms with Gasteiger partial charge in [-0.1, -0.05) is 57.9 Å². The zero-order valence-electron chi connectivity index (χ0n) is 19.3. The zero-order chi connectivity index (χ0) is 21.1. The Morgan fingerprint density at radius 3 is 2.33 bits per heavy atom. The van der Waals surface area contributed by atoms with Crippen LogP contribution in [0.3, 0.4) is 0 Å². The first-order chi connectivity index (χ1) is 14.5. The molecule has 6 atom stereocenters. The van der Waals surface area contributed by atoms with Gasteiger partial charge in [-0.3, -0.25) is 9.59 Å². The first-order valence-corrected chi connectivity index (χ1v) is 13.0. The van der Waals surface area contributed by atoms with E-state index in [2.05, 4.69) is 6.92 Å². The van der Waals surface area contributed by atoms with E-state index in [0.717, 1.165) is 37.5 Å². The van der Waals surface area contributed by atoms with Gasteiger partial charge in [0.1, 0.15) is 6.10 Å². The molecule has 4 fully saturated rings. The molecule has 0 spiro atoms. The molecule has 0 saturated heterocycles. The van der Waals surface area contributed by atoms with Crippen LogP contribution < -0.4 is 0 Å². The van der Waals surface area contributed by atoms with Gasteiger partial charge in [0.15, 0.2) is 5.78 Å². The lowest BCUT2D eigenvalue weighted by Crippen LogP contribution is -2.48. The van der Waals surface area contributed by atoms with Crippen LogP contribution in [-0.2, 0) is 14.3 Å². The van der Waals surface area contributed by atoms with Gasteiger partial charge in [-0.25, -0.2) is 0 Å². The minimum atomic E-state index is -0.0383. The summed E-state index contributed by atoms with van der Waals surface area (Å²) in [5, 5.41) is 0. The van der Waals surface area contributed by atoms with Crippen molar-refractivity contribution in [2.24, 2.45) is 29.1 Å². The largest absolute Gasteiger partial charge is 0.462 e. The highest BCUT2D eigenvalue weighted by Gasteiger charge is 2.57. The minimum absolute atomic E-state index is 0.0383. The van der Waals surface area contributed by atoms with E-state index in [1.807, 2.05) is 13.0 Å². The first-order valence-electron chi connectivity index (χ1n) is 13.0. The maximum atomic E-state index is 11.8. The van der Waals surface area contributed by atoms with Crippen molar-refractivity contribution in [2.75, 3.05) is 0 Å². The Morgan fingerprint density at radius 1 is 0.967 bits per heavy atom. The zero-order valence-corrected chi connectivity index (χ0v) is 19.3. The predicted octanol–water partition coefficient (Wildman–Crippen LogP) is 6.79. The van der Waals surface area contributed by atoms with Crippen molar-refractivity contribution in [1.82, 2.24) is 0 Å². The second-order valence-electron chi connectivity index (χ2n) is 10.9. The van der Waals surface area contributed by atoms with Gasteiger partial charge in [-0.05, 0) is 74.7 Å². The molecule has 0 bridgehead atoms. The molecule has 0 aliphatic heterocycles. The fraction of sp³-hybridized carbons (Fsp3) is 0.852. The molecule has 0 aromatic rings. The Balaban J connectivity index is 0.000000313. The molecule has 0 aromatic carbocycles. The number of carbonyl (C=O) groups is 2. The molecule has 5 rings (SSSR count). The van der Waals surface area contributed by atoms with Crippen LogP contribution in [0.4, 0.5) is 0 Å². The molecule has 0 aromatic heterocycles. The third kappa shape index (κ3) is 4.41. The van der Waals surface area contributed by atoms with Gasteiger partial charge in [0.25, 0.3) is 0 Å². The van der Waals surface area contributed by atoms with Crippen molar-refractivity contribution in [3.8, 4) is 0 Å². The van der Waals surface area contributed by atoms with Gasteiger partial charge in [0.2, 0.25) is 0 Å². The van der Waals surface area contributed by atoms with Gasteiger partial charge >= 0.3 is 5.97 Å². The van der Waals surface area contributed by atoms with E-state index in [1.54, 1.807) is 0 Å². The second kappa shape index (κ2) is 9.57. The van der Waals surface area contributed by atoms with E-state index in [0.29, 0.717) is 24.0 Å². The van der Waals surface area contributed by atoms with Crippen LogP contribution >= 0.6 is 0 Å². The quantitative estimate of drug-likeness (QED) is 0.467. The van der Waals surface area contributed by atoms with Gasteiger partial charge in [-0.2, -0.15) is 0 Å². The summed E-state index contributed by atoms with van der Waals surface area (Å²) in [6.07, 6.45) is 20.4. The molecule has 3 heteroatoms. The summed E-state index contributed by atoms with van der Waals surface area (Å²) in [6, 6.07) is 0. The summed E-state index contributed by atoms with van der Waals surface area (Å²) < 4.78 is 5.84. The standard InChI is InChI=1S/C21H30O3.C6H12/c1-3-20(23)24-19-9-8-18-17-6-4-13-12-14(22)5-7-15(13)16(17)10-11-21(18,19)2;1-2-4-6-5-3-1/h12,15-19H,3-11H2,1-2H3;1-6H2/t15-,16+,17+,18-,19-,21-;/m0./s1. The lowest BCUT2D eigenvalue weighted by molar-refractivity contribution is -0.158. The molecule has 5 aliphatic rings. The van der Waals surface area contributed by atoms with E-state index < -0.39 is 0 Å². The average molecular weight is 415 g/mol. The smallest absolute Gasteiger partial charge is 0.305 e. The van der Waals surface area contributed by atoms with Crippen LogP contribution in [0.5, 0.6) is 0 Å². The monoisotopic (exact) mass is 414 g/mol. The molecule has 30 heavy (non-hydrogen) atoms. The van der Waals surface area contributed by atoms with Crippen molar-refractivity contribution < 1.29 is 14.3 Å². The number of esters is 1. The van der Waals surface area contributed by atoms with Crippen molar-refractivity contribution in [3.63, 3.8) is 0 Å². The Bertz CT molecular complexity index is 650. The summed E-state index contributed by atoms with van der Waals surface area (Å²) in [5.74, 6) is 3.19. The molecule has 0 N–H and O–H groups in total. The van der Waals surface area contributed by atoms with Crippen molar-refractivity contribution in [3.05, 3.63) is 11.6 Å². The molecule has 0 radical (unpaired) electrons. The second-order valence-corrected chi connectivity index (χ2v) is 10.9. The number of fused-ring (bicyclic) bond motifs is 5. The van der Waals surface area contributed by atoms with E-state index in [-0.39, 0.29) is 17.5 Å². The molecule has 4 saturated carbocycles. The van der Waals surface area contributed by atoms with Crippen LogP contribution in [0.2, 0.25) is 0 Å². The van der Waals surface area contributed by atoms with Crippen LogP contribution in [0, 0.1) is 29.1 Å². The minimum Gasteiger partial charge on any atom is -0.462 e. The maximum Gasteiger partial charge on any atom is 0.305 e. The van der Waals surface area contributed by atoms with Crippen molar-refractivity contribution >= 4 is 11.8 Å². The lowest BCUT2D eigenvalue weighted by atomic mass is 9.52. The summed E-state index contributed by atoms with van der Waals surface area (Å²) >= 11 is 0. The Kier molecular flexibility index (Phi) is 7.05. The maximum absolute atomic E-state index is 11.8. The number of carbonyl (C=O) groups excluding carboxylic acids is 2. The highest BCUT2D eigenvalue weighted by molar-refractivity contribution is 5.91. The molecule has 3 nitrogen and oxygen atoms in total. The SMILES string of the molecule is C1CCCCC1.CCC(=O)O[C@H]1CC[C@H]2[C@@H]3CCC4=CC(=O)CC[C@@H]4[C@H]3CC[C@]12C. The molecule has 168 valence electrons. The van der Waals surface area contributed by atoms with Crippen LogP contribution in [0.15, 0.2) is 11.6 Å². The third-order valence-electron chi connectivity index (χ3n) is 9.28. The van der Waals surface area contributed by atoms with E-state index in [1.165, 1.54) is 69.8 Å². The average Bonchev–Trinajstić information content (AvgIpc) is 3.11. The van der Waals surface area contributed by atoms with Crippen molar-refractivity contribution in [1.29, 1.82) is 0 Å². The molecule has 0 heterocycles. The topological polar surface area (TPSA) is 43.4 Å². The number of hydrogen-bond donors (Lipinski definition) is 0.